The average Bonchev–Trinajstić information content (AvgIpc) is 2.87. The van der Waals surface area contributed by atoms with Crippen molar-refractivity contribution in [2.45, 2.75) is 19.3 Å². The van der Waals surface area contributed by atoms with Crippen molar-refractivity contribution >= 4 is 34.9 Å². The first-order valence-corrected chi connectivity index (χ1v) is 11.9. The van der Waals surface area contributed by atoms with E-state index >= 15 is 0 Å². The highest BCUT2D eigenvalue weighted by Gasteiger charge is 2.22. The smallest absolute Gasteiger partial charge is 0.338 e. The van der Waals surface area contributed by atoms with Gasteiger partial charge in [0.15, 0.2) is 0 Å². The first-order chi connectivity index (χ1) is 17.7. The van der Waals surface area contributed by atoms with E-state index in [-0.39, 0.29) is 17.9 Å². The summed E-state index contributed by atoms with van der Waals surface area (Å²) in [4.78, 5) is 25.6. The number of aromatic carboxylic acids is 1. The van der Waals surface area contributed by atoms with Crippen LogP contribution < -0.4 is 5.56 Å². The molecule has 0 aliphatic rings. The normalized spacial score (nSPS) is 12.4. The summed E-state index contributed by atoms with van der Waals surface area (Å²) in [5, 5.41) is 23.3. The number of H-pyrrole nitrogens is 1. The van der Waals surface area contributed by atoms with Gasteiger partial charge in [0.25, 0.3) is 5.56 Å². The summed E-state index contributed by atoms with van der Waals surface area (Å²) < 4.78 is 14.2. The van der Waals surface area contributed by atoms with Crippen LogP contribution in [0.4, 0.5) is 4.39 Å². The van der Waals surface area contributed by atoms with Crippen LogP contribution in [-0.2, 0) is 0 Å². The number of carboxylic acid groups (broad SMARTS) is 1. The van der Waals surface area contributed by atoms with Crippen molar-refractivity contribution in [1.29, 1.82) is 0 Å². The average molecular weight is 539 g/mol. The zero-order valence-corrected chi connectivity index (χ0v) is 21.0. The van der Waals surface area contributed by atoms with Crippen molar-refractivity contribution in [1.82, 2.24) is 4.98 Å². The van der Waals surface area contributed by atoms with E-state index in [4.69, 9.17) is 28.3 Å². The molecule has 0 saturated carbocycles. The number of aromatic amines is 1. The lowest BCUT2D eigenvalue weighted by Crippen LogP contribution is -2.15. The Bertz CT molecular complexity index is 1570. The predicted octanol–water partition coefficient (Wildman–Crippen LogP) is 6.89. The Labute approximate surface area is 221 Å². The summed E-state index contributed by atoms with van der Waals surface area (Å²) in [5.41, 5.74) is 3.53. The van der Waals surface area contributed by atoms with Crippen LogP contribution in [0.5, 0.6) is 0 Å². The number of aromatic nitrogens is 1. The largest absolute Gasteiger partial charge is 0.478 e. The maximum absolute atomic E-state index is 14.2. The van der Waals surface area contributed by atoms with Crippen molar-refractivity contribution in [3.8, 4) is 11.1 Å². The van der Waals surface area contributed by atoms with Gasteiger partial charge in [0.1, 0.15) is 5.82 Å². The van der Waals surface area contributed by atoms with E-state index in [1.54, 1.807) is 49.4 Å². The molecule has 0 amide bonds. The summed E-state index contributed by atoms with van der Waals surface area (Å²) in [6, 6.07) is 18.0. The first-order valence-electron chi connectivity index (χ1n) is 11.2. The fraction of sp³-hybridized carbons (Fsp3) is 0.107. The Morgan fingerprint density at radius 3 is 2.32 bits per heavy atom. The third kappa shape index (κ3) is 5.74. The summed E-state index contributed by atoms with van der Waals surface area (Å²) in [6.07, 6.45) is 1.73. The molecule has 1 atom stereocenters. The third-order valence-electron chi connectivity index (χ3n) is 6.12. The van der Waals surface area contributed by atoms with Crippen LogP contribution in [0.15, 0.2) is 82.9 Å². The van der Waals surface area contributed by atoms with Crippen molar-refractivity contribution in [3.63, 3.8) is 0 Å². The summed E-state index contributed by atoms with van der Waals surface area (Å²) in [5.74, 6) is -2.51. The predicted molar refractivity (Wildman–Crippen MR) is 142 cm³/mol. The van der Waals surface area contributed by atoms with Gasteiger partial charge in [0, 0.05) is 39.7 Å². The number of rotatable bonds is 7. The summed E-state index contributed by atoms with van der Waals surface area (Å²) >= 11 is 12.7. The zero-order valence-electron chi connectivity index (χ0n) is 19.5. The first kappa shape index (κ1) is 26.1. The maximum atomic E-state index is 14.2. The van der Waals surface area contributed by atoms with Gasteiger partial charge in [0.2, 0.25) is 0 Å². The van der Waals surface area contributed by atoms with Gasteiger partial charge >= 0.3 is 5.97 Å². The van der Waals surface area contributed by atoms with E-state index in [9.17, 15) is 19.2 Å². The third-order valence-corrected chi connectivity index (χ3v) is 6.69. The number of oxime groups is 1. The number of benzene rings is 3. The standard InChI is InChI=1S/C28H21Cl2FN2O4/c1-15-10-19(14-32-27(15)34)26(33-37)13-23(21-9-7-20(29)12-24(21)30)17-4-2-16(3-5-17)18-6-8-22(28(35)36)25(31)11-18/h2-12,14,23,37H,13H2,1H3,(H,32,34)(H,35,36)/b33-26+/t23-/m1/s1. The van der Waals surface area contributed by atoms with Crippen LogP contribution in [0.25, 0.3) is 11.1 Å². The highest BCUT2D eigenvalue weighted by atomic mass is 35.5. The minimum atomic E-state index is -1.33. The molecule has 4 aromatic rings. The zero-order chi connectivity index (χ0) is 26.7. The Hall–Kier alpha value is -3.94. The second kappa shape index (κ2) is 11.0. The molecular formula is C28H21Cl2FN2O4. The number of nitrogens with zero attached hydrogens (tertiary/aromatic N) is 1. The van der Waals surface area contributed by atoms with Crippen LogP contribution in [-0.4, -0.2) is 27.0 Å². The van der Waals surface area contributed by atoms with Crippen LogP contribution >= 0.6 is 23.2 Å². The maximum Gasteiger partial charge on any atom is 0.338 e. The minimum absolute atomic E-state index is 0.234. The number of pyridine rings is 1. The number of halogens is 3. The molecule has 3 N–H and O–H groups in total. The van der Waals surface area contributed by atoms with E-state index in [2.05, 4.69) is 10.1 Å². The number of carbonyl (C=O) groups is 1. The van der Waals surface area contributed by atoms with Gasteiger partial charge in [-0.3, -0.25) is 4.79 Å². The number of hydrogen-bond donors (Lipinski definition) is 3. The van der Waals surface area contributed by atoms with Gasteiger partial charge in [-0.15, -0.1) is 0 Å². The topological polar surface area (TPSA) is 103 Å². The SMILES string of the molecule is Cc1cc(/C(C[C@H](c2ccc(-c3ccc(C(=O)O)c(F)c3)cc2)c2ccc(Cl)cc2Cl)=N/O)c[nH]c1=O. The van der Waals surface area contributed by atoms with Crippen molar-refractivity contribution < 1.29 is 19.5 Å². The molecule has 0 aliphatic heterocycles. The summed E-state index contributed by atoms with van der Waals surface area (Å²) in [6.45, 7) is 1.66. The molecule has 37 heavy (non-hydrogen) atoms. The molecule has 3 aromatic carbocycles. The van der Waals surface area contributed by atoms with E-state index in [0.717, 1.165) is 11.1 Å². The second-order valence-corrected chi connectivity index (χ2v) is 9.34. The molecule has 0 radical (unpaired) electrons. The quantitative estimate of drug-likeness (QED) is 0.135. The Balaban J connectivity index is 1.74. The lowest BCUT2D eigenvalue weighted by molar-refractivity contribution is 0.0692. The Morgan fingerprint density at radius 1 is 1.03 bits per heavy atom. The lowest BCUT2D eigenvalue weighted by Gasteiger charge is -2.21. The molecular weight excluding hydrogens is 518 g/mol. The monoisotopic (exact) mass is 538 g/mol. The van der Waals surface area contributed by atoms with Crippen LogP contribution in [0, 0.1) is 12.7 Å². The second-order valence-electron chi connectivity index (χ2n) is 8.49. The molecule has 0 saturated heterocycles. The summed E-state index contributed by atoms with van der Waals surface area (Å²) in [7, 11) is 0. The Kier molecular flexibility index (Phi) is 7.76. The van der Waals surface area contributed by atoms with Crippen molar-refractivity contribution in [2.24, 2.45) is 5.16 Å². The van der Waals surface area contributed by atoms with Gasteiger partial charge in [-0.05, 0) is 59.5 Å². The van der Waals surface area contributed by atoms with Crippen LogP contribution in [0.3, 0.4) is 0 Å². The molecule has 188 valence electrons. The van der Waals surface area contributed by atoms with Crippen LogP contribution in [0.1, 0.15) is 45.0 Å². The van der Waals surface area contributed by atoms with Gasteiger partial charge in [-0.2, -0.15) is 0 Å². The van der Waals surface area contributed by atoms with Gasteiger partial charge < -0.3 is 15.3 Å². The molecule has 0 aliphatic carbocycles. The molecule has 0 spiro atoms. The number of nitrogens with one attached hydrogen (secondary N) is 1. The molecule has 0 bridgehead atoms. The highest BCUT2D eigenvalue weighted by molar-refractivity contribution is 6.35. The van der Waals surface area contributed by atoms with E-state index in [0.29, 0.717) is 38.0 Å². The van der Waals surface area contributed by atoms with E-state index in [1.165, 1.54) is 18.3 Å². The van der Waals surface area contributed by atoms with E-state index < -0.39 is 17.3 Å². The molecule has 1 heterocycles. The molecule has 0 fully saturated rings. The molecule has 1 aromatic heterocycles. The Morgan fingerprint density at radius 2 is 1.73 bits per heavy atom. The van der Waals surface area contributed by atoms with E-state index in [1.807, 2.05) is 12.1 Å². The van der Waals surface area contributed by atoms with Crippen LogP contribution in [0.2, 0.25) is 10.0 Å². The minimum Gasteiger partial charge on any atom is -0.478 e. The fourth-order valence-electron chi connectivity index (χ4n) is 4.14. The number of hydrogen-bond acceptors (Lipinski definition) is 4. The van der Waals surface area contributed by atoms with Gasteiger partial charge in [0.05, 0.1) is 11.3 Å². The highest BCUT2D eigenvalue weighted by Crippen LogP contribution is 2.36. The fourth-order valence-corrected chi connectivity index (χ4v) is 4.68. The molecule has 4 rings (SSSR count). The van der Waals surface area contributed by atoms with Crippen molar-refractivity contribution in [2.75, 3.05) is 0 Å². The molecule has 6 nitrogen and oxygen atoms in total. The number of aryl methyl sites for hydroxylation is 1. The molecule has 0 unspecified atom stereocenters. The molecule has 9 heteroatoms. The van der Waals surface area contributed by atoms with Gasteiger partial charge in [-0.1, -0.05) is 64.8 Å². The van der Waals surface area contributed by atoms with Crippen molar-refractivity contribution in [3.05, 3.63) is 127 Å². The number of carboxylic acids is 1. The lowest BCUT2D eigenvalue weighted by atomic mass is 9.85. The van der Waals surface area contributed by atoms with Gasteiger partial charge in [-0.25, -0.2) is 9.18 Å².